The topological polar surface area (TPSA) is 55.1 Å². The molecule has 3 N–H and O–H groups in total. The second-order valence-electron chi connectivity index (χ2n) is 4.73. The third-order valence-electron chi connectivity index (χ3n) is 3.04. The first-order valence-corrected chi connectivity index (χ1v) is 6.45. The van der Waals surface area contributed by atoms with E-state index in [2.05, 4.69) is 11.4 Å². The van der Waals surface area contributed by atoms with Crippen molar-refractivity contribution >= 4 is 11.6 Å². The summed E-state index contributed by atoms with van der Waals surface area (Å²) in [5.74, 6) is -0.822. The summed E-state index contributed by atoms with van der Waals surface area (Å²) in [6, 6.07) is 11.9. The number of nitrogen functional groups attached to an aromatic ring is 1. The average molecular weight is 272 g/mol. The second-order valence-corrected chi connectivity index (χ2v) is 4.73. The summed E-state index contributed by atoms with van der Waals surface area (Å²) >= 11 is 0. The Morgan fingerprint density at radius 2 is 2.05 bits per heavy atom. The quantitative estimate of drug-likeness (QED) is 0.841. The standard InChI is InChI=1S/C16H17FN2O/c1-11-3-2-4-12(9-11)7-8-19-16(20)14-10-13(17)5-6-15(14)18/h2-6,9-10H,7-8,18H2,1H3,(H,19,20). The molecule has 0 spiro atoms. The lowest BCUT2D eigenvalue weighted by Gasteiger charge is -2.08. The molecule has 0 saturated carbocycles. The fraction of sp³-hybridized carbons (Fsp3) is 0.188. The Morgan fingerprint density at radius 3 is 2.80 bits per heavy atom. The minimum Gasteiger partial charge on any atom is -0.398 e. The minimum absolute atomic E-state index is 0.175. The molecule has 4 heteroatoms. The monoisotopic (exact) mass is 272 g/mol. The molecule has 1 amide bonds. The van der Waals surface area contributed by atoms with Crippen molar-refractivity contribution in [1.82, 2.24) is 5.32 Å². The smallest absolute Gasteiger partial charge is 0.253 e. The molecule has 0 aliphatic rings. The van der Waals surface area contributed by atoms with Gasteiger partial charge in [0.25, 0.3) is 5.91 Å². The maximum absolute atomic E-state index is 13.1. The van der Waals surface area contributed by atoms with Crippen molar-refractivity contribution in [3.05, 3.63) is 65.0 Å². The molecule has 0 aliphatic heterocycles. The van der Waals surface area contributed by atoms with E-state index in [0.717, 1.165) is 18.1 Å². The molecule has 0 unspecified atom stereocenters. The molecule has 0 atom stereocenters. The lowest BCUT2D eigenvalue weighted by atomic mass is 10.1. The van der Waals surface area contributed by atoms with Crippen LogP contribution in [0.2, 0.25) is 0 Å². The maximum atomic E-state index is 13.1. The zero-order chi connectivity index (χ0) is 14.5. The maximum Gasteiger partial charge on any atom is 0.253 e. The van der Waals surface area contributed by atoms with Crippen molar-refractivity contribution in [2.45, 2.75) is 13.3 Å². The van der Waals surface area contributed by atoms with Crippen molar-refractivity contribution in [3.8, 4) is 0 Å². The largest absolute Gasteiger partial charge is 0.398 e. The van der Waals surface area contributed by atoms with E-state index in [0.29, 0.717) is 6.54 Å². The van der Waals surface area contributed by atoms with Crippen LogP contribution in [0.15, 0.2) is 42.5 Å². The number of amides is 1. The minimum atomic E-state index is -0.469. The van der Waals surface area contributed by atoms with Gasteiger partial charge in [-0.25, -0.2) is 4.39 Å². The Labute approximate surface area is 117 Å². The summed E-state index contributed by atoms with van der Waals surface area (Å²) in [7, 11) is 0. The number of anilines is 1. The van der Waals surface area contributed by atoms with E-state index >= 15 is 0 Å². The zero-order valence-corrected chi connectivity index (χ0v) is 11.3. The number of halogens is 1. The predicted octanol–water partition coefficient (Wildman–Crippen LogP) is 2.69. The van der Waals surface area contributed by atoms with E-state index in [9.17, 15) is 9.18 Å². The van der Waals surface area contributed by atoms with Crippen LogP contribution in [-0.2, 0) is 6.42 Å². The Balaban J connectivity index is 1.94. The van der Waals surface area contributed by atoms with Crippen LogP contribution >= 0.6 is 0 Å². The number of hydrogen-bond donors (Lipinski definition) is 2. The summed E-state index contributed by atoms with van der Waals surface area (Å²) in [6.45, 7) is 2.51. The SMILES string of the molecule is Cc1cccc(CCNC(=O)c2cc(F)ccc2N)c1. The van der Waals surface area contributed by atoms with E-state index in [1.807, 2.05) is 25.1 Å². The normalized spacial score (nSPS) is 10.3. The van der Waals surface area contributed by atoms with E-state index < -0.39 is 5.82 Å². The van der Waals surface area contributed by atoms with E-state index in [4.69, 9.17) is 5.73 Å². The number of carbonyl (C=O) groups is 1. The molecular weight excluding hydrogens is 255 g/mol. The Bertz CT molecular complexity index is 626. The summed E-state index contributed by atoms with van der Waals surface area (Å²) in [6.07, 6.45) is 0.725. The second kappa shape index (κ2) is 6.19. The molecule has 0 heterocycles. The number of carbonyl (C=O) groups excluding carboxylic acids is 1. The highest BCUT2D eigenvalue weighted by Crippen LogP contribution is 2.13. The number of nitrogens with one attached hydrogen (secondary N) is 1. The van der Waals surface area contributed by atoms with Crippen LogP contribution in [0.3, 0.4) is 0 Å². The molecule has 0 fully saturated rings. The summed E-state index contributed by atoms with van der Waals surface area (Å²) in [4.78, 5) is 11.9. The van der Waals surface area contributed by atoms with Gasteiger partial charge < -0.3 is 11.1 Å². The zero-order valence-electron chi connectivity index (χ0n) is 11.3. The fourth-order valence-electron chi connectivity index (χ4n) is 2.01. The summed E-state index contributed by atoms with van der Waals surface area (Å²) in [5.41, 5.74) is 8.45. The first-order valence-electron chi connectivity index (χ1n) is 6.45. The van der Waals surface area contributed by atoms with Gasteiger partial charge in [-0.15, -0.1) is 0 Å². The molecule has 104 valence electrons. The highest BCUT2D eigenvalue weighted by molar-refractivity contribution is 5.99. The van der Waals surface area contributed by atoms with Crippen LogP contribution in [0, 0.1) is 12.7 Å². The van der Waals surface area contributed by atoms with Gasteiger partial charge in [0.2, 0.25) is 0 Å². The molecule has 0 saturated heterocycles. The number of aryl methyl sites for hydroxylation is 1. The van der Waals surface area contributed by atoms with Crippen LogP contribution in [0.25, 0.3) is 0 Å². The first kappa shape index (κ1) is 14.1. The van der Waals surface area contributed by atoms with Crippen LogP contribution in [0.1, 0.15) is 21.5 Å². The van der Waals surface area contributed by atoms with Crippen molar-refractivity contribution in [1.29, 1.82) is 0 Å². The van der Waals surface area contributed by atoms with Gasteiger partial charge in [-0.2, -0.15) is 0 Å². The molecule has 2 rings (SSSR count). The first-order chi connectivity index (χ1) is 9.56. The Hall–Kier alpha value is -2.36. The third kappa shape index (κ3) is 3.57. The van der Waals surface area contributed by atoms with Gasteiger partial charge >= 0.3 is 0 Å². The molecule has 2 aromatic rings. The predicted molar refractivity (Wildman–Crippen MR) is 78.0 cm³/mol. The number of rotatable bonds is 4. The van der Waals surface area contributed by atoms with Gasteiger partial charge in [0.05, 0.1) is 5.56 Å². The third-order valence-corrected chi connectivity index (χ3v) is 3.04. The van der Waals surface area contributed by atoms with Crippen molar-refractivity contribution < 1.29 is 9.18 Å². The average Bonchev–Trinajstić information content (AvgIpc) is 2.41. The van der Waals surface area contributed by atoms with Crippen molar-refractivity contribution in [2.24, 2.45) is 0 Å². The van der Waals surface area contributed by atoms with Crippen LogP contribution in [-0.4, -0.2) is 12.5 Å². The molecule has 3 nitrogen and oxygen atoms in total. The van der Waals surface area contributed by atoms with E-state index in [-0.39, 0.29) is 17.2 Å². The van der Waals surface area contributed by atoms with Gasteiger partial charge in [0, 0.05) is 12.2 Å². The lowest BCUT2D eigenvalue weighted by molar-refractivity contribution is 0.0954. The number of benzene rings is 2. The highest BCUT2D eigenvalue weighted by Gasteiger charge is 2.10. The van der Waals surface area contributed by atoms with Crippen LogP contribution in [0.4, 0.5) is 10.1 Å². The fourth-order valence-corrected chi connectivity index (χ4v) is 2.01. The Kier molecular flexibility index (Phi) is 4.35. The summed E-state index contributed by atoms with van der Waals surface area (Å²) in [5, 5.41) is 2.75. The molecule has 0 bridgehead atoms. The Morgan fingerprint density at radius 1 is 1.25 bits per heavy atom. The molecular formula is C16H17FN2O. The van der Waals surface area contributed by atoms with Crippen LogP contribution < -0.4 is 11.1 Å². The van der Waals surface area contributed by atoms with Gasteiger partial charge in [-0.05, 0) is 37.1 Å². The molecule has 0 aromatic heterocycles. The van der Waals surface area contributed by atoms with Gasteiger partial charge in [-0.1, -0.05) is 29.8 Å². The van der Waals surface area contributed by atoms with Crippen molar-refractivity contribution in [3.63, 3.8) is 0 Å². The summed E-state index contributed by atoms with van der Waals surface area (Å²) < 4.78 is 13.1. The van der Waals surface area contributed by atoms with Gasteiger partial charge in [-0.3, -0.25) is 4.79 Å². The number of nitrogens with two attached hydrogens (primary N) is 1. The van der Waals surface area contributed by atoms with Crippen LogP contribution in [0.5, 0.6) is 0 Å². The highest BCUT2D eigenvalue weighted by atomic mass is 19.1. The van der Waals surface area contributed by atoms with Gasteiger partial charge in [0.1, 0.15) is 5.82 Å². The molecule has 20 heavy (non-hydrogen) atoms. The van der Waals surface area contributed by atoms with E-state index in [1.165, 1.54) is 17.7 Å². The number of hydrogen-bond acceptors (Lipinski definition) is 2. The molecule has 0 radical (unpaired) electrons. The van der Waals surface area contributed by atoms with Gasteiger partial charge in [0.15, 0.2) is 0 Å². The molecule has 2 aromatic carbocycles. The lowest BCUT2D eigenvalue weighted by Crippen LogP contribution is -2.26. The van der Waals surface area contributed by atoms with Crippen molar-refractivity contribution in [2.75, 3.05) is 12.3 Å². The van der Waals surface area contributed by atoms with E-state index in [1.54, 1.807) is 0 Å². The molecule has 0 aliphatic carbocycles.